The number of pyridine rings is 1. The predicted molar refractivity (Wildman–Crippen MR) is 113 cm³/mol. The fourth-order valence-electron chi connectivity index (χ4n) is 2.99. The van der Waals surface area contributed by atoms with Crippen molar-refractivity contribution in [3.8, 4) is 0 Å². The Balaban J connectivity index is 0.00000225. The van der Waals surface area contributed by atoms with Gasteiger partial charge in [0.1, 0.15) is 0 Å². The molecule has 0 aliphatic carbocycles. The summed E-state index contributed by atoms with van der Waals surface area (Å²) < 4.78 is 0. The van der Waals surface area contributed by atoms with E-state index in [4.69, 9.17) is 5.73 Å². The van der Waals surface area contributed by atoms with Crippen molar-refractivity contribution in [2.45, 2.75) is 32.0 Å². The van der Waals surface area contributed by atoms with E-state index in [0.29, 0.717) is 18.5 Å². The number of rotatable bonds is 5. The first kappa shape index (κ1) is 19.7. The number of hydrogen-bond acceptors (Lipinski definition) is 3. The maximum absolute atomic E-state index is 6.01. The second-order valence-electron chi connectivity index (χ2n) is 6.20. The van der Waals surface area contributed by atoms with E-state index in [-0.39, 0.29) is 24.0 Å². The molecule has 134 valence electrons. The van der Waals surface area contributed by atoms with Gasteiger partial charge in [0.25, 0.3) is 0 Å². The monoisotopic (exact) mass is 451 g/mol. The SMILES string of the molecule is I.NC(=NCc1ccccn1)NC1CCN(Cc2ccccc2)CC1. The maximum Gasteiger partial charge on any atom is 0.189 e. The van der Waals surface area contributed by atoms with Crippen LogP contribution in [0, 0.1) is 0 Å². The van der Waals surface area contributed by atoms with Crippen LogP contribution in [0.15, 0.2) is 59.7 Å². The first-order valence-corrected chi connectivity index (χ1v) is 8.52. The van der Waals surface area contributed by atoms with Crippen LogP contribution >= 0.6 is 24.0 Å². The third kappa shape index (κ3) is 6.62. The highest BCUT2D eigenvalue weighted by atomic mass is 127. The van der Waals surface area contributed by atoms with E-state index in [0.717, 1.165) is 38.2 Å². The van der Waals surface area contributed by atoms with Gasteiger partial charge in [-0.05, 0) is 30.5 Å². The highest BCUT2D eigenvalue weighted by Crippen LogP contribution is 2.13. The Morgan fingerprint density at radius 3 is 2.52 bits per heavy atom. The molecule has 0 saturated carbocycles. The van der Waals surface area contributed by atoms with Crippen molar-refractivity contribution < 1.29 is 0 Å². The van der Waals surface area contributed by atoms with Gasteiger partial charge in [0, 0.05) is 31.9 Å². The fraction of sp³-hybridized carbons (Fsp3) is 0.368. The standard InChI is InChI=1S/C19H25N5.HI/c20-19(22-14-18-8-4-5-11-21-18)23-17-9-12-24(13-10-17)15-16-6-2-1-3-7-16;/h1-8,11,17H,9-10,12-15H2,(H3,20,22,23);1H. The minimum absolute atomic E-state index is 0. The molecule has 0 radical (unpaired) electrons. The van der Waals surface area contributed by atoms with Gasteiger partial charge in [-0.3, -0.25) is 9.88 Å². The van der Waals surface area contributed by atoms with E-state index in [1.807, 2.05) is 18.2 Å². The van der Waals surface area contributed by atoms with Crippen molar-refractivity contribution >= 4 is 29.9 Å². The minimum atomic E-state index is 0. The molecule has 5 nitrogen and oxygen atoms in total. The van der Waals surface area contributed by atoms with Gasteiger partial charge in [0.15, 0.2) is 5.96 Å². The number of hydrogen-bond donors (Lipinski definition) is 2. The Morgan fingerprint density at radius 1 is 1.12 bits per heavy atom. The molecular formula is C19H26IN5. The van der Waals surface area contributed by atoms with E-state index in [2.05, 4.69) is 50.5 Å². The van der Waals surface area contributed by atoms with Crippen LogP contribution < -0.4 is 11.1 Å². The average molecular weight is 451 g/mol. The smallest absolute Gasteiger partial charge is 0.189 e. The first-order chi connectivity index (χ1) is 11.8. The predicted octanol–water partition coefficient (Wildman–Crippen LogP) is 2.77. The molecule has 0 bridgehead atoms. The van der Waals surface area contributed by atoms with Crippen LogP contribution in [0.5, 0.6) is 0 Å². The van der Waals surface area contributed by atoms with Gasteiger partial charge in [0.2, 0.25) is 0 Å². The van der Waals surface area contributed by atoms with E-state index in [9.17, 15) is 0 Å². The van der Waals surface area contributed by atoms with Gasteiger partial charge < -0.3 is 11.1 Å². The number of aliphatic imine (C=N–C) groups is 1. The molecule has 1 aromatic heterocycles. The number of benzene rings is 1. The number of nitrogens with one attached hydrogen (secondary N) is 1. The zero-order chi connectivity index (χ0) is 16.6. The summed E-state index contributed by atoms with van der Waals surface area (Å²) in [5.74, 6) is 0.516. The lowest BCUT2D eigenvalue weighted by Crippen LogP contribution is -2.46. The Kier molecular flexibility index (Phi) is 8.14. The third-order valence-corrected chi connectivity index (χ3v) is 4.33. The number of halogens is 1. The highest BCUT2D eigenvalue weighted by molar-refractivity contribution is 14.0. The number of nitrogens with zero attached hydrogens (tertiary/aromatic N) is 3. The number of likely N-dealkylation sites (tertiary alicyclic amines) is 1. The third-order valence-electron chi connectivity index (χ3n) is 4.33. The summed E-state index contributed by atoms with van der Waals surface area (Å²) in [7, 11) is 0. The van der Waals surface area contributed by atoms with Crippen molar-refractivity contribution in [1.29, 1.82) is 0 Å². The van der Waals surface area contributed by atoms with Crippen molar-refractivity contribution in [2.75, 3.05) is 13.1 Å². The lowest BCUT2D eigenvalue weighted by Gasteiger charge is -2.32. The van der Waals surface area contributed by atoms with Crippen LogP contribution in [0.4, 0.5) is 0 Å². The van der Waals surface area contributed by atoms with Gasteiger partial charge >= 0.3 is 0 Å². The van der Waals surface area contributed by atoms with E-state index in [1.165, 1.54) is 5.56 Å². The van der Waals surface area contributed by atoms with Crippen molar-refractivity contribution in [1.82, 2.24) is 15.2 Å². The van der Waals surface area contributed by atoms with Crippen LogP contribution in [0.2, 0.25) is 0 Å². The molecular weight excluding hydrogens is 425 g/mol. The number of aromatic nitrogens is 1. The molecule has 25 heavy (non-hydrogen) atoms. The topological polar surface area (TPSA) is 66.5 Å². The van der Waals surface area contributed by atoms with Gasteiger partial charge in [-0.1, -0.05) is 36.4 Å². The second kappa shape index (κ2) is 10.4. The summed E-state index contributed by atoms with van der Waals surface area (Å²) in [6.45, 7) is 3.71. The minimum Gasteiger partial charge on any atom is -0.370 e. The molecule has 1 fully saturated rings. The number of piperidine rings is 1. The molecule has 0 spiro atoms. The van der Waals surface area contributed by atoms with Crippen LogP contribution in [0.3, 0.4) is 0 Å². The molecule has 0 amide bonds. The molecule has 1 saturated heterocycles. The zero-order valence-corrected chi connectivity index (χ0v) is 16.7. The lowest BCUT2D eigenvalue weighted by atomic mass is 10.0. The quantitative estimate of drug-likeness (QED) is 0.417. The summed E-state index contributed by atoms with van der Waals surface area (Å²) in [6, 6.07) is 16.9. The van der Waals surface area contributed by atoms with Crippen LogP contribution in [0.1, 0.15) is 24.1 Å². The van der Waals surface area contributed by atoms with E-state index in [1.54, 1.807) is 6.20 Å². The summed E-state index contributed by atoms with van der Waals surface area (Å²) in [6.07, 6.45) is 3.95. The summed E-state index contributed by atoms with van der Waals surface area (Å²) >= 11 is 0. The van der Waals surface area contributed by atoms with Crippen molar-refractivity contribution in [3.05, 3.63) is 66.0 Å². The number of nitrogens with two attached hydrogens (primary N) is 1. The summed E-state index contributed by atoms with van der Waals surface area (Å²) in [5, 5.41) is 3.35. The van der Waals surface area contributed by atoms with Crippen LogP contribution in [0.25, 0.3) is 0 Å². The van der Waals surface area contributed by atoms with Gasteiger partial charge in [-0.2, -0.15) is 0 Å². The second-order valence-corrected chi connectivity index (χ2v) is 6.20. The molecule has 1 aromatic carbocycles. The molecule has 2 heterocycles. The largest absolute Gasteiger partial charge is 0.370 e. The molecule has 3 rings (SSSR count). The molecule has 1 aliphatic heterocycles. The van der Waals surface area contributed by atoms with Gasteiger partial charge in [-0.25, -0.2) is 4.99 Å². The Morgan fingerprint density at radius 2 is 1.84 bits per heavy atom. The molecule has 0 atom stereocenters. The number of guanidine groups is 1. The van der Waals surface area contributed by atoms with E-state index < -0.39 is 0 Å². The van der Waals surface area contributed by atoms with E-state index >= 15 is 0 Å². The van der Waals surface area contributed by atoms with Crippen molar-refractivity contribution in [2.24, 2.45) is 10.7 Å². The maximum atomic E-state index is 6.01. The zero-order valence-electron chi connectivity index (χ0n) is 14.3. The lowest BCUT2D eigenvalue weighted by molar-refractivity contribution is 0.199. The Bertz CT molecular complexity index is 639. The normalized spacial score (nSPS) is 16.2. The molecule has 6 heteroatoms. The molecule has 0 unspecified atom stereocenters. The van der Waals surface area contributed by atoms with Crippen LogP contribution in [-0.2, 0) is 13.1 Å². The molecule has 3 N–H and O–H groups in total. The highest BCUT2D eigenvalue weighted by Gasteiger charge is 2.19. The molecule has 2 aromatic rings. The average Bonchev–Trinajstić information content (AvgIpc) is 2.63. The fourth-order valence-corrected chi connectivity index (χ4v) is 2.99. The Hall–Kier alpha value is -1.67. The van der Waals surface area contributed by atoms with Crippen molar-refractivity contribution in [3.63, 3.8) is 0 Å². The summed E-state index contributed by atoms with van der Waals surface area (Å²) in [4.78, 5) is 11.1. The molecule has 1 aliphatic rings. The summed E-state index contributed by atoms with van der Waals surface area (Å²) in [5.41, 5.74) is 8.31. The van der Waals surface area contributed by atoms with Gasteiger partial charge in [-0.15, -0.1) is 24.0 Å². The van der Waals surface area contributed by atoms with Gasteiger partial charge in [0.05, 0.1) is 12.2 Å². The van der Waals surface area contributed by atoms with Crippen LogP contribution in [-0.4, -0.2) is 35.0 Å². The Labute approximate surface area is 166 Å². The first-order valence-electron chi connectivity index (χ1n) is 8.52.